The van der Waals surface area contributed by atoms with Gasteiger partial charge in [0, 0.05) is 24.2 Å². The normalized spacial score (nSPS) is 26.6. The van der Waals surface area contributed by atoms with E-state index < -0.39 is 10.0 Å². The summed E-state index contributed by atoms with van der Waals surface area (Å²) in [5.41, 5.74) is 0.363. The minimum Gasteiger partial charge on any atom is -0.495 e. The number of carbonyl (C=O) groups excluding carboxylic acids is 1. The number of rotatable bonds is 5. The van der Waals surface area contributed by atoms with Gasteiger partial charge >= 0.3 is 0 Å². The van der Waals surface area contributed by atoms with Gasteiger partial charge in [-0.25, -0.2) is 8.42 Å². The second-order valence-electron chi connectivity index (χ2n) is 8.17. The maximum atomic E-state index is 13.3. The smallest absolute Gasteiger partial charge is 0.251 e. The average molecular weight is 409 g/mol. The summed E-state index contributed by atoms with van der Waals surface area (Å²) in [6, 6.07) is 4.79. The molecule has 7 heteroatoms. The zero-order valence-corrected chi connectivity index (χ0v) is 17.9. The molecule has 2 aliphatic rings. The third-order valence-electron chi connectivity index (χ3n) is 6.18. The van der Waals surface area contributed by atoms with Crippen LogP contribution >= 0.6 is 0 Å². The number of hydrogen-bond donors (Lipinski definition) is 1. The lowest BCUT2D eigenvalue weighted by Gasteiger charge is -2.32. The number of methoxy groups -OCH3 is 1. The molecule has 2 fully saturated rings. The first-order valence-electron chi connectivity index (χ1n) is 10.4. The van der Waals surface area contributed by atoms with Crippen LogP contribution in [0.4, 0.5) is 0 Å². The molecule has 1 N–H and O–H groups in total. The lowest BCUT2D eigenvalue weighted by Crippen LogP contribution is -2.42. The highest BCUT2D eigenvalue weighted by Crippen LogP contribution is 2.32. The van der Waals surface area contributed by atoms with Crippen LogP contribution in [0.3, 0.4) is 0 Å². The zero-order chi connectivity index (χ0) is 20.3. The van der Waals surface area contributed by atoms with Gasteiger partial charge in [-0.3, -0.25) is 4.79 Å². The van der Waals surface area contributed by atoms with Crippen LogP contribution in [0.2, 0.25) is 0 Å². The molecule has 3 rings (SSSR count). The summed E-state index contributed by atoms with van der Waals surface area (Å²) >= 11 is 0. The number of carbonyl (C=O) groups is 1. The standard InChI is InChI=1S/C21H32N2O4S/c1-15-8-4-5-10-18(15)22-21(24)17-11-12-19(27-3)20(14-17)28(25,26)23-13-7-6-9-16(23)2/h11-12,14-16,18H,4-10,13H2,1-3H3,(H,22,24)/t15-,16+,18+/m1/s1. The molecule has 1 aromatic rings. The first-order chi connectivity index (χ1) is 13.3. The van der Waals surface area contributed by atoms with E-state index in [0.717, 1.165) is 38.5 Å². The second-order valence-corrected chi connectivity index (χ2v) is 10.0. The van der Waals surface area contributed by atoms with Crippen LogP contribution in [0.15, 0.2) is 23.1 Å². The van der Waals surface area contributed by atoms with Crippen molar-refractivity contribution in [2.75, 3.05) is 13.7 Å². The lowest BCUT2D eigenvalue weighted by atomic mass is 9.86. The summed E-state index contributed by atoms with van der Waals surface area (Å²) in [6.45, 7) is 4.60. The number of nitrogens with zero attached hydrogens (tertiary/aromatic N) is 1. The monoisotopic (exact) mass is 408 g/mol. The van der Waals surface area contributed by atoms with Gasteiger partial charge in [0.25, 0.3) is 5.91 Å². The molecule has 1 saturated heterocycles. The molecule has 1 saturated carbocycles. The van der Waals surface area contributed by atoms with Gasteiger partial charge in [0.1, 0.15) is 10.6 Å². The van der Waals surface area contributed by atoms with Crippen molar-refractivity contribution in [2.45, 2.75) is 75.8 Å². The van der Waals surface area contributed by atoms with Crippen LogP contribution in [0, 0.1) is 5.92 Å². The predicted octanol–water partition coefficient (Wildman–Crippen LogP) is 3.57. The summed E-state index contributed by atoms with van der Waals surface area (Å²) < 4.78 is 33.5. The Balaban J connectivity index is 1.88. The summed E-state index contributed by atoms with van der Waals surface area (Å²) in [5, 5.41) is 3.10. The van der Waals surface area contributed by atoms with Crippen molar-refractivity contribution in [1.82, 2.24) is 9.62 Å². The molecule has 1 amide bonds. The Bertz CT molecular complexity index is 809. The van der Waals surface area contributed by atoms with Crippen molar-refractivity contribution in [3.8, 4) is 5.75 Å². The zero-order valence-electron chi connectivity index (χ0n) is 17.1. The number of amides is 1. The summed E-state index contributed by atoms with van der Waals surface area (Å²) in [4.78, 5) is 12.9. The average Bonchev–Trinajstić information content (AvgIpc) is 2.69. The first-order valence-corrected chi connectivity index (χ1v) is 11.8. The third kappa shape index (κ3) is 4.35. The predicted molar refractivity (Wildman–Crippen MR) is 109 cm³/mol. The van der Waals surface area contributed by atoms with Gasteiger partial charge in [-0.15, -0.1) is 0 Å². The van der Waals surface area contributed by atoms with Crippen LogP contribution in [0.1, 0.15) is 69.2 Å². The number of sulfonamides is 1. The second kappa shape index (κ2) is 8.82. The van der Waals surface area contributed by atoms with Gasteiger partial charge in [-0.05, 0) is 56.7 Å². The molecule has 3 atom stereocenters. The van der Waals surface area contributed by atoms with E-state index in [-0.39, 0.29) is 28.6 Å². The number of benzene rings is 1. The lowest BCUT2D eigenvalue weighted by molar-refractivity contribution is 0.0910. The summed E-state index contributed by atoms with van der Waals surface area (Å²) in [6.07, 6.45) is 7.13. The van der Waals surface area contributed by atoms with Crippen molar-refractivity contribution in [3.63, 3.8) is 0 Å². The van der Waals surface area contributed by atoms with Crippen LogP contribution in [-0.2, 0) is 10.0 Å². The maximum Gasteiger partial charge on any atom is 0.251 e. The van der Waals surface area contributed by atoms with Crippen LogP contribution in [0.5, 0.6) is 5.75 Å². The van der Waals surface area contributed by atoms with E-state index in [1.807, 2.05) is 6.92 Å². The van der Waals surface area contributed by atoms with Crippen molar-refractivity contribution in [1.29, 1.82) is 0 Å². The van der Waals surface area contributed by atoms with Gasteiger partial charge < -0.3 is 10.1 Å². The van der Waals surface area contributed by atoms with Gasteiger partial charge in [0.15, 0.2) is 0 Å². The highest BCUT2D eigenvalue weighted by atomic mass is 32.2. The van der Waals surface area contributed by atoms with E-state index in [1.165, 1.54) is 19.6 Å². The topological polar surface area (TPSA) is 75.7 Å². The van der Waals surface area contributed by atoms with Crippen molar-refractivity contribution >= 4 is 15.9 Å². The molecule has 1 aliphatic carbocycles. The largest absolute Gasteiger partial charge is 0.495 e. The quantitative estimate of drug-likeness (QED) is 0.808. The molecule has 0 bridgehead atoms. The molecule has 0 unspecified atom stereocenters. The molecule has 1 heterocycles. The molecule has 0 radical (unpaired) electrons. The Kier molecular flexibility index (Phi) is 6.65. The van der Waals surface area contributed by atoms with Crippen molar-refractivity contribution in [2.24, 2.45) is 5.92 Å². The van der Waals surface area contributed by atoms with Gasteiger partial charge in [-0.1, -0.05) is 26.2 Å². The molecule has 1 aliphatic heterocycles. The Hall–Kier alpha value is -1.60. The molecule has 6 nitrogen and oxygen atoms in total. The summed E-state index contributed by atoms with van der Waals surface area (Å²) in [7, 11) is -2.27. The van der Waals surface area contributed by atoms with Gasteiger partial charge in [-0.2, -0.15) is 4.31 Å². The number of ether oxygens (including phenoxy) is 1. The Labute approximate surface area is 168 Å². The van der Waals surface area contributed by atoms with E-state index >= 15 is 0 Å². The van der Waals surface area contributed by atoms with E-state index in [4.69, 9.17) is 4.74 Å². The Morgan fingerprint density at radius 3 is 2.50 bits per heavy atom. The van der Waals surface area contributed by atoms with Crippen LogP contribution < -0.4 is 10.1 Å². The van der Waals surface area contributed by atoms with Gasteiger partial charge in [0.2, 0.25) is 10.0 Å². The Morgan fingerprint density at radius 1 is 1.11 bits per heavy atom. The highest BCUT2D eigenvalue weighted by Gasteiger charge is 2.34. The number of hydrogen-bond acceptors (Lipinski definition) is 4. The molecule has 0 spiro atoms. The first kappa shape index (κ1) is 21.1. The molecule has 0 aromatic heterocycles. The van der Waals surface area contributed by atoms with Crippen molar-refractivity contribution in [3.05, 3.63) is 23.8 Å². The van der Waals surface area contributed by atoms with Crippen LogP contribution in [-0.4, -0.2) is 44.4 Å². The molecule has 1 aromatic carbocycles. The SMILES string of the molecule is COc1ccc(C(=O)N[C@H]2CCCC[C@H]2C)cc1S(=O)(=O)N1CCCC[C@@H]1C. The number of piperidine rings is 1. The maximum absolute atomic E-state index is 13.3. The fourth-order valence-corrected chi connectivity index (χ4v) is 6.24. The Morgan fingerprint density at radius 2 is 1.82 bits per heavy atom. The van der Waals surface area contributed by atoms with E-state index in [2.05, 4.69) is 12.2 Å². The van der Waals surface area contributed by atoms with E-state index in [0.29, 0.717) is 18.0 Å². The fourth-order valence-electron chi connectivity index (χ4n) is 4.36. The number of nitrogens with one attached hydrogen (secondary N) is 1. The van der Waals surface area contributed by atoms with Gasteiger partial charge in [0.05, 0.1) is 7.11 Å². The minimum atomic E-state index is -3.73. The van der Waals surface area contributed by atoms with E-state index in [1.54, 1.807) is 16.4 Å². The fraction of sp³-hybridized carbons (Fsp3) is 0.667. The van der Waals surface area contributed by atoms with Crippen molar-refractivity contribution < 1.29 is 17.9 Å². The molecular weight excluding hydrogens is 376 g/mol. The van der Waals surface area contributed by atoms with E-state index in [9.17, 15) is 13.2 Å². The minimum absolute atomic E-state index is 0.0518. The molecule has 156 valence electrons. The summed E-state index contributed by atoms with van der Waals surface area (Å²) in [5.74, 6) is 0.498. The highest BCUT2D eigenvalue weighted by molar-refractivity contribution is 7.89. The molecular formula is C21H32N2O4S. The third-order valence-corrected chi connectivity index (χ3v) is 8.22. The van der Waals surface area contributed by atoms with Crippen LogP contribution in [0.25, 0.3) is 0 Å². The molecule has 28 heavy (non-hydrogen) atoms.